The van der Waals surface area contributed by atoms with Crippen LogP contribution in [0.5, 0.6) is 5.75 Å². The summed E-state index contributed by atoms with van der Waals surface area (Å²) in [6, 6.07) is 13.4. The van der Waals surface area contributed by atoms with E-state index in [0.717, 1.165) is 26.9 Å². The van der Waals surface area contributed by atoms with Crippen molar-refractivity contribution in [3.63, 3.8) is 0 Å². The Bertz CT molecular complexity index is 936. The van der Waals surface area contributed by atoms with Gasteiger partial charge in [0, 0.05) is 23.1 Å². The molecule has 164 valence electrons. The van der Waals surface area contributed by atoms with Crippen molar-refractivity contribution in [3.05, 3.63) is 59.1 Å². The molecule has 0 aliphatic rings. The lowest BCUT2D eigenvalue weighted by atomic mass is 10.2. The number of thioether (sulfide) groups is 1. The van der Waals surface area contributed by atoms with Gasteiger partial charge in [-0.3, -0.25) is 9.10 Å². The van der Waals surface area contributed by atoms with E-state index in [-0.39, 0.29) is 5.91 Å². The molecule has 0 aromatic heterocycles. The fraction of sp³-hybridized carbons (Fsp3) is 0.381. The zero-order valence-corrected chi connectivity index (χ0v) is 19.7. The molecule has 0 aliphatic carbocycles. The summed E-state index contributed by atoms with van der Waals surface area (Å²) in [6.07, 6.45) is 1.09. The predicted molar refractivity (Wildman–Crippen MR) is 125 cm³/mol. The number of ether oxygens (including phenoxy) is 1. The van der Waals surface area contributed by atoms with Crippen LogP contribution < -0.4 is 14.4 Å². The van der Waals surface area contributed by atoms with Crippen LogP contribution in [0.1, 0.15) is 19.4 Å². The molecule has 1 amide bonds. The van der Waals surface area contributed by atoms with Crippen LogP contribution in [-0.2, 0) is 20.6 Å². The molecule has 0 heterocycles. The highest BCUT2D eigenvalue weighted by Gasteiger charge is 2.28. The summed E-state index contributed by atoms with van der Waals surface area (Å²) in [5, 5.41) is 3.54. The van der Waals surface area contributed by atoms with Crippen molar-refractivity contribution in [2.45, 2.75) is 25.6 Å². The van der Waals surface area contributed by atoms with Crippen molar-refractivity contribution in [2.24, 2.45) is 0 Å². The summed E-state index contributed by atoms with van der Waals surface area (Å²) < 4.78 is 31.2. The number of anilines is 1. The molecule has 30 heavy (non-hydrogen) atoms. The number of rotatable bonds is 11. The smallest absolute Gasteiger partial charge is 0.243 e. The van der Waals surface area contributed by atoms with Crippen molar-refractivity contribution in [3.8, 4) is 5.75 Å². The molecule has 9 heteroatoms. The van der Waals surface area contributed by atoms with Crippen LogP contribution >= 0.6 is 23.4 Å². The predicted octanol–water partition coefficient (Wildman–Crippen LogP) is 3.94. The number of hydrogen-bond donors (Lipinski definition) is 1. The molecule has 1 atom stereocenters. The van der Waals surface area contributed by atoms with E-state index < -0.39 is 16.1 Å². The first-order valence-electron chi connectivity index (χ1n) is 9.55. The lowest BCUT2D eigenvalue weighted by Gasteiger charge is -2.28. The third-order valence-electron chi connectivity index (χ3n) is 4.25. The monoisotopic (exact) mass is 470 g/mol. The van der Waals surface area contributed by atoms with Gasteiger partial charge in [-0.1, -0.05) is 29.8 Å². The summed E-state index contributed by atoms with van der Waals surface area (Å²) in [5.74, 6) is 1.72. The molecule has 0 saturated carbocycles. The van der Waals surface area contributed by atoms with E-state index >= 15 is 0 Å². The molecule has 2 aromatic carbocycles. The molecule has 6 nitrogen and oxygen atoms in total. The molecule has 2 aromatic rings. The van der Waals surface area contributed by atoms with Gasteiger partial charge in [0.15, 0.2) is 0 Å². The second-order valence-corrected chi connectivity index (χ2v) is 9.97. The van der Waals surface area contributed by atoms with Crippen LogP contribution in [0.25, 0.3) is 0 Å². The Morgan fingerprint density at radius 3 is 2.47 bits per heavy atom. The molecule has 0 bridgehead atoms. The second-order valence-electron chi connectivity index (χ2n) is 6.60. The van der Waals surface area contributed by atoms with Gasteiger partial charge in [0.05, 0.1) is 18.6 Å². The Morgan fingerprint density at radius 1 is 1.20 bits per heavy atom. The van der Waals surface area contributed by atoms with Gasteiger partial charge in [0.1, 0.15) is 11.8 Å². The minimum absolute atomic E-state index is 0.354. The van der Waals surface area contributed by atoms with Crippen molar-refractivity contribution in [1.29, 1.82) is 0 Å². The SMILES string of the molecule is CCOc1ccc(N([C@H](C)C(=O)NCCSCc2ccccc2Cl)S(C)(=O)=O)cc1. The first-order valence-corrected chi connectivity index (χ1v) is 12.9. The van der Waals surface area contributed by atoms with Gasteiger partial charge in [-0.05, 0) is 49.7 Å². The van der Waals surface area contributed by atoms with Crippen LogP contribution in [0.2, 0.25) is 5.02 Å². The van der Waals surface area contributed by atoms with Gasteiger partial charge in [0.25, 0.3) is 0 Å². The van der Waals surface area contributed by atoms with Crippen LogP contribution in [0, 0.1) is 0 Å². The van der Waals surface area contributed by atoms with Crippen molar-refractivity contribution in [1.82, 2.24) is 5.32 Å². The molecule has 1 N–H and O–H groups in total. The van der Waals surface area contributed by atoms with Crippen LogP contribution in [-0.4, -0.2) is 45.5 Å². The zero-order valence-electron chi connectivity index (χ0n) is 17.3. The Morgan fingerprint density at radius 2 is 1.87 bits per heavy atom. The summed E-state index contributed by atoms with van der Waals surface area (Å²) in [6.45, 7) is 4.39. The highest BCUT2D eigenvalue weighted by atomic mass is 35.5. The van der Waals surface area contributed by atoms with E-state index in [4.69, 9.17) is 16.3 Å². The maximum Gasteiger partial charge on any atom is 0.243 e. The van der Waals surface area contributed by atoms with Gasteiger partial charge in [-0.25, -0.2) is 8.42 Å². The summed E-state index contributed by atoms with van der Waals surface area (Å²) in [4.78, 5) is 12.6. The number of carbonyl (C=O) groups excluding carboxylic acids is 1. The second kappa shape index (κ2) is 11.5. The Kier molecular flexibility index (Phi) is 9.33. The van der Waals surface area contributed by atoms with E-state index in [9.17, 15) is 13.2 Å². The van der Waals surface area contributed by atoms with Crippen molar-refractivity contribution in [2.75, 3.05) is 29.5 Å². The number of halogens is 1. The zero-order chi connectivity index (χ0) is 22.1. The fourth-order valence-electron chi connectivity index (χ4n) is 2.86. The molecule has 0 radical (unpaired) electrons. The van der Waals surface area contributed by atoms with Gasteiger partial charge in [-0.2, -0.15) is 11.8 Å². The largest absolute Gasteiger partial charge is 0.494 e. The average Bonchev–Trinajstić information content (AvgIpc) is 2.69. The normalized spacial score (nSPS) is 12.3. The topological polar surface area (TPSA) is 75.7 Å². The maximum absolute atomic E-state index is 12.6. The third kappa shape index (κ3) is 7.11. The number of hydrogen-bond acceptors (Lipinski definition) is 5. The van der Waals surface area contributed by atoms with Gasteiger partial charge < -0.3 is 10.1 Å². The molecular weight excluding hydrogens is 444 g/mol. The number of benzene rings is 2. The minimum atomic E-state index is -3.65. The van der Waals surface area contributed by atoms with Crippen molar-refractivity contribution < 1.29 is 17.9 Å². The highest BCUT2D eigenvalue weighted by Crippen LogP contribution is 2.24. The Balaban J connectivity index is 1.93. The fourth-order valence-corrected chi connectivity index (χ4v) is 5.18. The molecule has 0 saturated heterocycles. The molecule has 2 rings (SSSR count). The van der Waals surface area contributed by atoms with Crippen LogP contribution in [0.15, 0.2) is 48.5 Å². The van der Waals surface area contributed by atoms with Crippen LogP contribution in [0.3, 0.4) is 0 Å². The van der Waals surface area contributed by atoms with E-state index in [2.05, 4.69) is 5.32 Å². The number of nitrogens with zero attached hydrogens (tertiary/aromatic N) is 1. The standard InChI is InChI=1S/C21H27ClN2O4S2/c1-4-28-19-11-9-18(10-12-19)24(30(3,26)27)16(2)21(25)23-13-14-29-15-17-7-5-6-8-20(17)22/h5-12,16H,4,13-15H2,1-3H3,(H,23,25)/t16-/m1/s1. The van der Waals surface area contributed by atoms with Gasteiger partial charge in [-0.15, -0.1) is 0 Å². The number of nitrogens with one attached hydrogen (secondary N) is 1. The van der Waals surface area contributed by atoms with E-state index in [1.54, 1.807) is 43.0 Å². The molecule has 0 unspecified atom stereocenters. The lowest BCUT2D eigenvalue weighted by Crippen LogP contribution is -2.48. The number of amides is 1. The number of sulfonamides is 1. The van der Waals surface area contributed by atoms with E-state index in [1.807, 2.05) is 31.2 Å². The van der Waals surface area contributed by atoms with E-state index in [1.165, 1.54) is 0 Å². The minimum Gasteiger partial charge on any atom is -0.494 e. The van der Waals surface area contributed by atoms with Crippen LogP contribution in [0.4, 0.5) is 5.69 Å². The number of carbonyl (C=O) groups is 1. The Labute approximate surface area is 188 Å². The third-order valence-corrected chi connectivity index (χ3v) is 6.87. The molecule has 0 spiro atoms. The summed E-state index contributed by atoms with van der Waals surface area (Å²) in [7, 11) is -3.65. The van der Waals surface area contributed by atoms with Crippen molar-refractivity contribution >= 4 is 45.0 Å². The molecule has 0 aliphatic heterocycles. The Hall–Kier alpha value is -1.90. The highest BCUT2D eigenvalue weighted by molar-refractivity contribution is 7.98. The molecule has 0 fully saturated rings. The van der Waals surface area contributed by atoms with Gasteiger partial charge >= 0.3 is 0 Å². The quantitative estimate of drug-likeness (QED) is 0.503. The average molecular weight is 471 g/mol. The van der Waals surface area contributed by atoms with Gasteiger partial charge in [0.2, 0.25) is 15.9 Å². The lowest BCUT2D eigenvalue weighted by molar-refractivity contribution is -0.121. The maximum atomic E-state index is 12.6. The summed E-state index contributed by atoms with van der Waals surface area (Å²) >= 11 is 7.78. The molecular formula is C21H27ClN2O4S2. The van der Waals surface area contributed by atoms with E-state index in [0.29, 0.717) is 30.3 Å². The first kappa shape index (κ1) is 24.4. The summed E-state index contributed by atoms with van der Waals surface area (Å²) in [5.41, 5.74) is 1.46. The first-order chi connectivity index (χ1) is 14.2.